The molecule has 0 spiro atoms. The Morgan fingerprint density at radius 2 is 1.88 bits per heavy atom. The SMILES string of the molecule is Fc1ccc(Br)c(F)c1CC1(F)CCNCC1. The number of rotatable bonds is 2. The molecule has 0 unspecified atom stereocenters. The first-order chi connectivity index (χ1) is 8.02. The van der Waals surface area contributed by atoms with Gasteiger partial charge in [-0.05, 0) is 54.0 Å². The standard InChI is InChI=1S/C12H13BrF3N/c13-9-1-2-10(14)8(11(9)15)7-12(16)3-5-17-6-4-12/h1-2,17H,3-7H2. The van der Waals surface area contributed by atoms with Gasteiger partial charge in [0.25, 0.3) is 0 Å². The van der Waals surface area contributed by atoms with E-state index >= 15 is 0 Å². The number of hydrogen-bond donors (Lipinski definition) is 1. The Hall–Kier alpha value is -0.550. The molecule has 1 fully saturated rings. The lowest BCUT2D eigenvalue weighted by molar-refractivity contribution is 0.113. The van der Waals surface area contributed by atoms with Gasteiger partial charge in [0.05, 0.1) is 4.47 Å². The number of nitrogens with one attached hydrogen (secondary N) is 1. The Kier molecular flexibility index (Phi) is 3.78. The Balaban J connectivity index is 2.26. The lowest BCUT2D eigenvalue weighted by atomic mass is 9.87. The van der Waals surface area contributed by atoms with Crippen LogP contribution in [0.4, 0.5) is 13.2 Å². The number of alkyl halides is 1. The zero-order chi connectivity index (χ0) is 12.5. The second-order valence-corrected chi connectivity index (χ2v) is 5.25. The van der Waals surface area contributed by atoms with E-state index < -0.39 is 17.3 Å². The maximum Gasteiger partial charge on any atom is 0.143 e. The third kappa shape index (κ3) is 2.83. The Morgan fingerprint density at radius 3 is 2.53 bits per heavy atom. The van der Waals surface area contributed by atoms with Crippen LogP contribution in [0.1, 0.15) is 18.4 Å². The van der Waals surface area contributed by atoms with Crippen molar-refractivity contribution in [2.75, 3.05) is 13.1 Å². The molecule has 0 aromatic heterocycles. The molecule has 5 heteroatoms. The van der Waals surface area contributed by atoms with Crippen LogP contribution in [0.3, 0.4) is 0 Å². The largest absolute Gasteiger partial charge is 0.316 e. The molecule has 1 nitrogen and oxygen atoms in total. The van der Waals surface area contributed by atoms with Crippen LogP contribution < -0.4 is 5.32 Å². The zero-order valence-electron chi connectivity index (χ0n) is 9.20. The average Bonchev–Trinajstić information content (AvgIpc) is 2.31. The second-order valence-electron chi connectivity index (χ2n) is 4.40. The fourth-order valence-electron chi connectivity index (χ4n) is 2.10. The van der Waals surface area contributed by atoms with Crippen molar-refractivity contribution in [1.82, 2.24) is 5.32 Å². The molecule has 0 aliphatic carbocycles. The summed E-state index contributed by atoms with van der Waals surface area (Å²) in [5, 5.41) is 3.03. The molecule has 94 valence electrons. The van der Waals surface area contributed by atoms with Crippen LogP contribution >= 0.6 is 15.9 Å². The first-order valence-corrected chi connectivity index (χ1v) is 6.33. The lowest BCUT2D eigenvalue weighted by Crippen LogP contribution is -2.40. The molecule has 1 aliphatic rings. The van der Waals surface area contributed by atoms with E-state index in [1.165, 1.54) is 6.07 Å². The first kappa shape index (κ1) is 12.9. The summed E-state index contributed by atoms with van der Waals surface area (Å²) in [6.45, 7) is 1.10. The number of hydrogen-bond acceptors (Lipinski definition) is 1. The van der Waals surface area contributed by atoms with Crippen molar-refractivity contribution in [3.8, 4) is 0 Å². The molecular formula is C12H13BrF3N. The van der Waals surface area contributed by atoms with Gasteiger partial charge < -0.3 is 5.32 Å². The zero-order valence-corrected chi connectivity index (χ0v) is 10.8. The summed E-state index contributed by atoms with van der Waals surface area (Å²) < 4.78 is 41.8. The summed E-state index contributed by atoms with van der Waals surface area (Å²) in [5.74, 6) is -1.37. The van der Waals surface area contributed by atoms with Gasteiger partial charge in [-0.3, -0.25) is 0 Å². The van der Waals surface area contributed by atoms with E-state index in [1.807, 2.05) is 0 Å². The van der Waals surface area contributed by atoms with Gasteiger partial charge in [-0.1, -0.05) is 0 Å². The van der Waals surface area contributed by atoms with Crippen molar-refractivity contribution in [2.45, 2.75) is 24.9 Å². The summed E-state index contributed by atoms with van der Waals surface area (Å²) in [6.07, 6.45) is 0.378. The third-order valence-corrected chi connectivity index (χ3v) is 3.74. The monoisotopic (exact) mass is 307 g/mol. The highest BCUT2D eigenvalue weighted by atomic mass is 79.9. The van der Waals surface area contributed by atoms with E-state index in [2.05, 4.69) is 21.2 Å². The van der Waals surface area contributed by atoms with Crippen LogP contribution in [0.15, 0.2) is 16.6 Å². The minimum atomic E-state index is -1.51. The van der Waals surface area contributed by atoms with Crippen LogP contribution in [-0.2, 0) is 6.42 Å². The van der Waals surface area contributed by atoms with E-state index in [0.29, 0.717) is 25.9 Å². The minimum Gasteiger partial charge on any atom is -0.316 e. The minimum absolute atomic E-state index is 0.163. The molecule has 1 aromatic carbocycles. The van der Waals surface area contributed by atoms with Crippen molar-refractivity contribution >= 4 is 15.9 Å². The summed E-state index contributed by atoms with van der Waals surface area (Å²) in [6, 6.07) is 2.45. The number of halogens is 4. The van der Waals surface area contributed by atoms with Gasteiger partial charge >= 0.3 is 0 Å². The molecule has 1 saturated heterocycles. The van der Waals surface area contributed by atoms with E-state index in [4.69, 9.17) is 0 Å². The van der Waals surface area contributed by atoms with E-state index in [9.17, 15) is 13.2 Å². The summed E-state index contributed by atoms with van der Waals surface area (Å²) in [4.78, 5) is 0. The maximum absolute atomic E-state index is 14.4. The molecule has 1 N–H and O–H groups in total. The Labute approximate surface area is 107 Å². The first-order valence-electron chi connectivity index (χ1n) is 5.54. The lowest BCUT2D eigenvalue weighted by Gasteiger charge is -2.30. The van der Waals surface area contributed by atoms with Crippen LogP contribution in [-0.4, -0.2) is 18.8 Å². The van der Waals surface area contributed by atoms with Crippen LogP contribution in [0.2, 0.25) is 0 Å². The van der Waals surface area contributed by atoms with Crippen molar-refractivity contribution in [2.24, 2.45) is 0 Å². The molecule has 0 saturated carbocycles. The van der Waals surface area contributed by atoms with E-state index in [0.717, 1.165) is 6.07 Å². The van der Waals surface area contributed by atoms with E-state index in [1.54, 1.807) is 0 Å². The summed E-state index contributed by atoms with van der Waals surface area (Å²) in [7, 11) is 0. The smallest absolute Gasteiger partial charge is 0.143 e. The molecular weight excluding hydrogens is 295 g/mol. The van der Waals surface area contributed by atoms with Gasteiger partial charge in [0.2, 0.25) is 0 Å². The Morgan fingerprint density at radius 1 is 1.24 bits per heavy atom. The van der Waals surface area contributed by atoms with Crippen molar-refractivity contribution < 1.29 is 13.2 Å². The van der Waals surface area contributed by atoms with Crippen molar-refractivity contribution in [3.05, 3.63) is 33.8 Å². The van der Waals surface area contributed by atoms with Crippen LogP contribution in [0.5, 0.6) is 0 Å². The predicted molar refractivity (Wildman–Crippen MR) is 63.7 cm³/mol. The Bertz CT molecular complexity index is 416. The van der Waals surface area contributed by atoms with Gasteiger partial charge in [0.1, 0.15) is 17.3 Å². The number of benzene rings is 1. The highest BCUT2D eigenvalue weighted by Crippen LogP contribution is 2.31. The molecule has 1 aromatic rings. The molecule has 0 amide bonds. The van der Waals surface area contributed by atoms with Gasteiger partial charge in [0, 0.05) is 12.0 Å². The van der Waals surface area contributed by atoms with Gasteiger partial charge in [-0.2, -0.15) is 0 Å². The number of piperidine rings is 1. The van der Waals surface area contributed by atoms with Crippen molar-refractivity contribution in [1.29, 1.82) is 0 Å². The van der Waals surface area contributed by atoms with E-state index in [-0.39, 0.29) is 16.5 Å². The molecule has 2 rings (SSSR count). The average molecular weight is 308 g/mol. The highest BCUT2D eigenvalue weighted by molar-refractivity contribution is 9.10. The molecule has 0 bridgehead atoms. The van der Waals surface area contributed by atoms with Gasteiger partial charge in [-0.15, -0.1) is 0 Å². The van der Waals surface area contributed by atoms with Crippen LogP contribution in [0, 0.1) is 11.6 Å². The highest BCUT2D eigenvalue weighted by Gasteiger charge is 2.34. The van der Waals surface area contributed by atoms with Crippen LogP contribution in [0.25, 0.3) is 0 Å². The fourth-order valence-corrected chi connectivity index (χ4v) is 2.47. The molecule has 17 heavy (non-hydrogen) atoms. The maximum atomic E-state index is 14.4. The molecule has 1 aliphatic heterocycles. The fraction of sp³-hybridized carbons (Fsp3) is 0.500. The van der Waals surface area contributed by atoms with Gasteiger partial charge in [-0.25, -0.2) is 13.2 Å². The third-order valence-electron chi connectivity index (χ3n) is 3.13. The summed E-state index contributed by atoms with van der Waals surface area (Å²) >= 11 is 2.99. The van der Waals surface area contributed by atoms with Gasteiger partial charge in [0.15, 0.2) is 0 Å². The summed E-state index contributed by atoms with van der Waals surface area (Å²) in [5.41, 5.74) is -1.67. The second kappa shape index (κ2) is 4.98. The molecule has 0 atom stereocenters. The molecule has 1 heterocycles. The predicted octanol–water partition coefficient (Wildman–Crippen LogP) is 3.36. The van der Waals surface area contributed by atoms with Crippen molar-refractivity contribution in [3.63, 3.8) is 0 Å². The normalized spacial score (nSPS) is 19.3. The topological polar surface area (TPSA) is 12.0 Å². The quantitative estimate of drug-likeness (QED) is 0.826. The molecule has 0 radical (unpaired) electrons.